The lowest BCUT2D eigenvalue weighted by Gasteiger charge is -2.25. The standard InChI is InChI=1S/C33H32N4O2S/c1-3-17-37(22-25-9-5-4-6-10-25)31-21-26(19-27(38)18-24-15-13-23(2)14-16-24)20-30(34-31)28-11-7-8-12-29(28)32-35-33(39)40-36-32/h4-16,20-21H,3,17-19,22H2,1-2H3,(H,35,36,39). The van der Waals surface area contributed by atoms with Crippen molar-refractivity contribution in [3.05, 3.63) is 123 Å². The number of hydrogen-bond donors (Lipinski definition) is 1. The summed E-state index contributed by atoms with van der Waals surface area (Å²) in [6.07, 6.45) is 1.64. The lowest BCUT2D eigenvalue weighted by atomic mass is 9.98. The number of anilines is 1. The van der Waals surface area contributed by atoms with E-state index in [-0.39, 0.29) is 10.7 Å². The third kappa shape index (κ3) is 6.79. The number of benzene rings is 3. The highest BCUT2D eigenvalue weighted by Gasteiger charge is 2.17. The summed E-state index contributed by atoms with van der Waals surface area (Å²) in [4.78, 5) is 35.1. The summed E-state index contributed by atoms with van der Waals surface area (Å²) in [5.41, 5.74) is 6.69. The van der Waals surface area contributed by atoms with E-state index in [1.54, 1.807) is 0 Å². The van der Waals surface area contributed by atoms with Gasteiger partial charge in [0.1, 0.15) is 11.6 Å². The summed E-state index contributed by atoms with van der Waals surface area (Å²) in [6.45, 7) is 5.73. The van der Waals surface area contributed by atoms with Gasteiger partial charge < -0.3 is 4.90 Å². The average Bonchev–Trinajstić information content (AvgIpc) is 3.40. The van der Waals surface area contributed by atoms with E-state index in [1.165, 1.54) is 11.1 Å². The quantitative estimate of drug-likeness (QED) is 0.200. The van der Waals surface area contributed by atoms with Crippen LogP contribution >= 0.6 is 11.5 Å². The van der Waals surface area contributed by atoms with Crippen LogP contribution in [0.2, 0.25) is 0 Å². The first-order chi connectivity index (χ1) is 19.5. The first kappa shape index (κ1) is 27.2. The fraction of sp³-hybridized carbons (Fsp3) is 0.212. The molecule has 0 saturated heterocycles. The molecule has 0 radical (unpaired) electrons. The van der Waals surface area contributed by atoms with Gasteiger partial charge in [0.25, 0.3) is 0 Å². The Kier molecular flexibility index (Phi) is 8.62. The average molecular weight is 549 g/mol. The number of H-pyrrole nitrogens is 1. The Morgan fingerprint density at radius 2 is 1.55 bits per heavy atom. The predicted octanol–water partition coefficient (Wildman–Crippen LogP) is 6.64. The van der Waals surface area contributed by atoms with Gasteiger partial charge in [-0.05, 0) is 42.2 Å². The van der Waals surface area contributed by atoms with Gasteiger partial charge in [-0.3, -0.25) is 14.6 Å². The van der Waals surface area contributed by atoms with Crippen molar-refractivity contribution in [3.63, 3.8) is 0 Å². The van der Waals surface area contributed by atoms with Gasteiger partial charge >= 0.3 is 4.87 Å². The van der Waals surface area contributed by atoms with Crippen molar-refractivity contribution in [2.24, 2.45) is 0 Å². The summed E-state index contributed by atoms with van der Waals surface area (Å²) < 4.78 is 4.32. The number of Topliss-reactive ketones (excluding diaryl/α,β-unsaturated/α-hetero) is 1. The smallest absolute Gasteiger partial charge is 0.323 e. The summed E-state index contributed by atoms with van der Waals surface area (Å²) in [5, 5.41) is 0. The monoisotopic (exact) mass is 548 g/mol. The van der Waals surface area contributed by atoms with Gasteiger partial charge in [-0.25, -0.2) is 4.98 Å². The van der Waals surface area contributed by atoms with Gasteiger partial charge in [0.15, 0.2) is 5.82 Å². The van der Waals surface area contributed by atoms with E-state index in [0.717, 1.165) is 58.3 Å². The van der Waals surface area contributed by atoms with E-state index >= 15 is 0 Å². The Hall–Kier alpha value is -4.36. The Balaban J connectivity index is 1.55. The fourth-order valence-corrected chi connectivity index (χ4v) is 5.26. The van der Waals surface area contributed by atoms with Crippen molar-refractivity contribution in [3.8, 4) is 22.6 Å². The number of aromatic nitrogens is 3. The molecule has 0 unspecified atom stereocenters. The SMILES string of the molecule is CCCN(Cc1ccccc1)c1cc(CC(=O)Cc2ccc(C)cc2)cc(-c2ccccc2-c2nsc(=O)[nH]2)n1. The van der Waals surface area contributed by atoms with Crippen LogP contribution < -0.4 is 9.77 Å². The van der Waals surface area contributed by atoms with Crippen molar-refractivity contribution in [1.29, 1.82) is 0 Å². The van der Waals surface area contributed by atoms with E-state index in [1.807, 2.05) is 85.8 Å². The highest BCUT2D eigenvalue weighted by molar-refractivity contribution is 7.03. The number of ketones is 1. The zero-order valence-corrected chi connectivity index (χ0v) is 23.6. The van der Waals surface area contributed by atoms with Gasteiger partial charge in [0.2, 0.25) is 0 Å². The molecule has 0 aliphatic carbocycles. The van der Waals surface area contributed by atoms with Crippen molar-refractivity contribution < 1.29 is 4.79 Å². The van der Waals surface area contributed by atoms with Crippen molar-refractivity contribution in [1.82, 2.24) is 14.3 Å². The van der Waals surface area contributed by atoms with Gasteiger partial charge in [-0.1, -0.05) is 91.3 Å². The minimum atomic E-state index is -0.203. The molecule has 3 aromatic carbocycles. The highest BCUT2D eigenvalue weighted by Crippen LogP contribution is 2.32. The van der Waals surface area contributed by atoms with E-state index in [2.05, 4.69) is 33.3 Å². The molecular formula is C33H32N4O2S. The molecule has 5 rings (SSSR count). The first-order valence-corrected chi connectivity index (χ1v) is 14.3. The highest BCUT2D eigenvalue weighted by atomic mass is 32.1. The minimum absolute atomic E-state index is 0.147. The third-order valence-corrected chi connectivity index (χ3v) is 7.27. The maximum atomic E-state index is 13.2. The maximum Gasteiger partial charge on any atom is 0.323 e. The fourth-order valence-electron chi connectivity index (χ4n) is 4.80. The molecule has 0 aliphatic rings. The lowest BCUT2D eigenvalue weighted by Crippen LogP contribution is -2.25. The first-order valence-electron chi connectivity index (χ1n) is 13.5. The Morgan fingerprint density at radius 1 is 0.850 bits per heavy atom. The van der Waals surface area contributed by atoms with Crippen molar-refractivity contribution in [2.75, 3.05) is 11.4 Å². The largest absolute Gasteiger partial charge is 0.352 e. The van der Waals surface area contributed by atoms with Crippen LogP contribution in [0.3, 0.4) is 0 Å². The Bertz CT molecular complexity index is 1640. The summed E-state index contributed by atoms with van der Waals surface area (Å²) in [5.74, 6) is 1.49. The van der Waals surface area contributed by atoms with Crippen LogP contribution in [0.4, 0.5) is 5.82 Å². The van der Waals surface area contributed by atoms with Crippen LogP contribution in [0.15, 0.2) is 95.8 Å². The number of pyridine rings is 1. The maximum absolute atomic E-state index is 13.2. The number of nitrogens with one attached hydrogen (secondary N) is 1. The van der Waals surface area contributed by atoms with Crippen molar-refractivity contribution >= 4 is 23.1 Å². The zero-order valence-electron chi connectivity index (χ0n) is 22.8. The number of aromatic amines is 1. The van der Waals surface area contributed by atoms with Crippen LogP contribution in [0.25, 0.3) is 22.6 Å². The summed E-state index contributed by atoms with van der Waals surface area (Å²) in [7, 11) is 0. The second-order valence-corrected chi connectivity index (χ2v) is 10.7. The van der Waals surface area contributed by atoms with E-state index in [9.17, 15) is 9.59 Å². The van der Waals surface area contributed by atoms with Crippen LogP contribution in [0, 0.1) is 6.92 Å². The number of carbonyl (C=O) groups is 1. The van der Waals surface area contributed by atoms with Crippen molar-refractivity contribution in [2.45, 2.75) is 39.7 Å². The molecular weight excluding hydrogens is 516 g/mol. The van der Waals surface area contributed by atoms with Gasteiger partial charge in [-0.2, -0.15) is 4.37 Å². The molecule has 5 aromatic rings. The van der Waals surface area contributed by atoms with E-state index < -0.39 is 0 Å². The molecule has 0 bridgehead atoms. The number of rotatable bonds is 11. The van der Waals surface area contributed by atoms with Crippen LogP contribution in [0.5, 0.6) is 0 Å². The topological polar surface area (TPSA) is 79.0 Å². The van der Waals surface area contributed by atoms with Gasteiger partial charge in [-0.15, -0.1) is 0 Å². The molecule has 2 aromatic heterocycles. The summed E-state index contributed by atoms with van der Waals surface area (Å²) >= 11 is 0.898. The Labute approximate surface area is 238 Å². The third-order valence-electron chi connectivity index (χ3n) is 6.73. The lowest BCUT2D eigenvalue weighted by molar-refractivity contribution is -0.117. The molecule has 7 heteroatoms. The van der Waals surface area contributed by atoms with E-state index in [4.69, 9.17) is 4.98 Å². The molecule has 0 atom stereocenters. The molecule has 1 N–H and O–H groups in total. The number of carbonyl (C=O) groups excluding carboxylic acids is 1. The van der Waals surface area contributed by atoms with E-state index in [0.29, 0.717) is 25.2 Å². The van der Waals surface area contributed by atoms with Crippen LogP contribution in [-0.4, -0.2) is 26.7 Å². The second kappa shape index (κ2) is 12.7. The normalized spacial score (nSPS) is 10.9. The molecule has 2 heterocycles. The second-order valence-electron chi connectivity index (χ2n) is 9.99. The molecule has 0 amide bonds. The predicted molar refractivity (Wildman–Crippen MR) is 163 cm³/mol. The van der Waals surface area contributed by atoms with Gasteiger partial charge in [0.05, 0.1) is 5.69 Å². The minimum Gasteiger partial charge on any atom is -0.352 e. The summed E-state index contributed by atoms with van der Waals surface area (Å²) in [6, 6.07) is 30.3. The van der Waals surface area contributed by atoms with Crippen LogP contribution in [0.1, 0.15) is 35.6 Å². The molecule has 0 spiro atoms. The molecule has 0 fully saturated rings. The number of aryl methyl sites for hydroxylation is 1. The number of nitrogens with zero attached hydrogens (tertiary/aromatic N) is 3. The molecule has 202 valence electrons. The molecule has 40 heavy (non-hydrogen) atoms. The van der Waals surface area contributed by atoms with Gasteiger partial charge in [0, 0.05) is 48.6 Å². The number of hydrogen-bond acceptors (Lipinski definition) is 6. The molecule has 0 aliphatic heterocycles. The Morgan fingerprint density at radius 3 is 2.25 bits per heavy atom. The molecule has 6 nitrogen and oxygen atoms in total. The van der Waals surface area contributed by atoms with Crippen LogP contribution in [-0.2, 0) is 24.2 Å². The zero-order chi connectivity index (χ0) is 27.9. The molecule has 0 saturated carbocycles.